The predicted molar refractivity (Wildman–Crippen MR) is 71.0 cm³/mol. The van der Waals surface area contributed by atoms with Gasteiger partial charge in [0.05, 0.1) is 5.56 Å². The molecule has 21 heavy (non-hydrogen) atoms. The summed E-state index contributed by atoms with van der Waals surface area (Å²) in [6.45, 7) is 2.00. The molecule has 0 spiro atoms. The summed E-state index contributed by atoms with van der Waals surface area (Å²) in [5, 5.41) is 2.49. The van der Waals surface area contributed by atoms with Crippen molar-refractivity contribution in [3.8, 4) is 0 Å². The Hall–Kier alpha value is -1.63. The lowest BCUT2D eigenvalue weighted by molar-refractivity contribution is -0.137. The summed E-state index contributed by atoms with van der Waals surface area (Å²) in [7, 11) is 3.13. The van der Waals surface area contributed by atoms with Gasteiger partial charge in [0, 0.05) is 31.6 Å². The summed E-state index contributed by atoms with van der Waals surface area (Å²) >= 11 is 0. The highest BCUT2D eigenvalue weighted by Gasteiger charge is 2.31. The normalized spacial score (nSPS) is 13.3. The summed E-state index contributed by atoms with van der Waals surface area (Å²) < 4.78 is 51.4. The molecule has 0 unspecified atom stereocenters. The molecule has 0 heterocycles. The second kappa shape index (κ2) is 6.89. The standard InChI is InChI=1S/C14H18F4N2O/c1-9(13(21)19-2)7-20(3)8-10-6-11(14(16,17)18)4-5-12(10)15/h4-6,9H,7-8H2,1-3H3,(H,19,21)/t9-/m0/s1. The molecular weight excluding hydrogens is 288 g/mol. The Morgan fingerprint density at radius 2 is 2.00 bits per heavy atom. The van der Waals surface area contributed by atoms with Gasteiger partial charge in [0.25, 0.3) is 0 Å². The van der Waals surface area contributed by atoms with Crippen molar-refractivity contribution in [3.05, 3.63) is 35.1 Å². The fourth-order valence-corrected chi connectivity index (χ4v) is 2.02. The third-order valence-electron chi connectivity index (χ3n) is 3.09. The summed E-state index contributed by atoms with van der Waals surface area (Å²) in [5.74, 6) is -1.21. The zero-order valence-corrected chi connectivity index (χ0v) is 12.1. The highest BCUT2D eigenvalue weighted by molar-refractivity contribution is 5.78. The Labute approximate surface area is 120 Å². The molecule has 0 saturated heterocycles. The fraction of sp³-hybridized carbons (Fsp3) is 0.500. The van der Waals surface area contributed by atoms with E-state index in [0.717, 1.165) is 12.1 Å². The van der Waals surface area contributed by atoms with Gasteiger partial charge < -0.3 is 10.2 Å². The van der Waals surface area contributed by atoms with Gasteiger partial charge in [-0.2, -0.15) is 13.2 Å². The van der Waals surface area contributed by atoms with Crippen LogP contribution in [0.1, 0.15) is 18.1 Å². The molecule has 1 atom stereocenters. The molecule has 0 fully saturated rings. The number of nitrogens with zero attached hydrogens (tertiary/aromatic N) is 1. The van der Waals surface area contributed by atoms with E-state index in [-0.39, 0.29) is 23.9 Å². The van der Waals surface area contributed by atoms with Crippen molar-refractivity contribution < 1.29 is 22.4 Å². The van der Waals surface area contributed by atoms with E-state index in [4.69, 9.17) is 0 Å². The van der Waals surface area contributed by atoms with Crippen LogP contribution in [0.5, 0.6) is 0 Å². The van der Waals surface area contributed by atoms with Gasteiger partial charge in [0.15, 0.2) is 0 Å². The largest absolute Gasteiger partial charge is 0.416 e. The molecule has 0 bridgehead atoms. The maximum absolute atomic E-state index is 13.6. The maximum Gasteiger partial charge on any atom is 0.416 e. The number of amides is 1. The second-order valence-corrected chi connectivity index (χ2v) is 5.02. The SMILES string of the molecule is CNC(=O)[C@@H](C)CN(C)Cc1cc(C(F)(F)F)ccc1F. The number of rotatable bonds is 5. The monoisotopic (exact) mass is 306 g/mol. The van der Waals surface area contributed by atoms with Gasteiger partial charge in [0.2, 0.25) is 5.91 Å². The van der Waals surface area contributed by atoms with E-state index in [9.17, 15) is 22.4 Å². The molecule has 1 N–H and O–H groups in total. The highest BCUT2D eigenvalue weighted by Crippen LogP contribution is 2.30. The van der Waals surface area contributed by atoms with Gasteiger partial charge in [-0.1, -0.05) is 6.92 Å². The number of alkyl halides is 3. The van der Waals surface area contributed by atoms with E-state index in [1.165, 1.54) is 7.05 Å². The molecule has 3 nitrogen and oxygen atoms in total. The van der Waals surface area contributed by atoms with Crippen LogP contribution in [0.4, 0.5) is 17.6 Å². The third-order valence-corrected chi connectivity index (χ3v) is 3.09. The van der Waals surface area contributed by atoms with E-state index in [0.29, 0.717) is 12.6 Å². The van der Waals surface area contributed by atoms with Gasteiger partial charge in [-0.25, -0.2) is 4.39 Å². The summed E-state index contributed by atoms with van der Waals surface area (Å²) in [6.07, 6.45) is -4.50. The number of halogens is 4. The lowest BCUT2D eigenvalue weighted by Gasteiger charge is -2.21. The van der Waals surface area contributed by atoms with Crippen molar-refractivity contribution in [2.75, 3.05) is 20.6 Å². The summed E-state index contributed by atoms with van der Waals surface area (Å²) in [6, 6.07) is 2.33. The number of nitrogens with one attached hydrogen (secondary N) is 1. The first kappa shape index (κ1) is 17.4. The first-order valence-electron chi connectivity index (χ1n) is 6.41. The van der Waals surface area contributed by atoms with Crippen LogP contribution < -0.4 is 5.32 Å². The quantitative estimate of drug-likeness (QED) is 0.848. The number of carbonyl (C=O) groups excluding carboxylic acids is 1. The molecule has 0 aliphatic carbocycles. The predicted octanol–water partition coefficient (Wildman–Crippen LogP) is 2.66. The van der Waals surface area contributed by atoms with Crippen LogP contribution in [0.25, 0.3) is 0 Å². The van der Waals surface area contributed by atoms with Crippen LogP contribution in [0.2, 0.25) is 0 Å². The Morgan fingerprint density at radius 1 is 1.38 bits per heavy atom. The van der Waals surface area contributed by atoms with E-state index in [2.05, 4.69) is 5.32 Å². The number of hydrogen-bond acceptors (Lipinski definition) is 2. The minimum atomic E-state index is -4.50. The topological polar surface area (TPSA) is 32.3 Å². The Bertz CT molecular complexity index is 502. The lowest BCUT2D eigenvalue weighted by Crippen LogP contribution is -2.34. The van der Waals surface area contributed by atoms with Crippen molar-refractivity contribution in [3.63, 3.8) is 0 Å². The summed E-state index contributed by atoms with van der Waals surface area (Å²) in [4.78, 5) is 13.0. The second-order valence-electron chi connectivity index (χ2n) is 5.02. The van der Waals surface area contributed by atoms with Gasteiger partial charge in [0.1, 0.15) is 5.82 Å². The molecule has 1 aromatic carbocycles. The van der Waals surface area contributed by atoms with Crippen molar-refractivity contribution >= 4 is 5.91 Å². The lowest BCUT2D eigenvalue weighted by atomic mass is 10.1. The zero-order chi connectivity index (χ0) is 16.2. The Balaban J connectivity index is 2.80. The minimum absolute atomic E-state index is 0.00289. The maximum atomic E-state index is 13.6. The fourth-order valence-electron chi connectivity index (χ4n) is 2.02. The van der Waals surface area contributed by atoms with Crippen LogP contribution in [0, 0.1) is 11.7 Å². The number of carbonyl (C=O) groups is 1. The Kier molecular flexibility index (Phi) is 5.71. The molecule has 0 radical (unpaired) electrons. The first-order valence-corrected chi connectivity index (χ1v) is 6.41. The number of hydrogen-bond donors (Lipinski definition) is 1. The van der Waals surface area contributed by atoms with E-state index in [1.54, 1.807) is 18.9 Å². The van der Waals surface area contributed by atoms with Crippen molar-refractivity contribution in [1.82, 2.24) is 10.2 Å². The molecule has 1 aromatic rings. The van der Waals surface area contributed by atoms with Crippen LogP contribution in [0.3, 0.4) is 0 Å². The van der Waals surface area contributed by atoms with E-state index in [1.807, 2.05) is 0 Å². The van der Waals surface area contributed by atoms with E-state index >= 15 is 0 Å². The molecule has 7 heteroatoms. The van der Waals surface area contributed by atoms with Crippen LogP contribution in [-0.2, 0) is 17.5 Å². The smallest absolute Gasteiger partial charge is 0.359 e. The van der Waals surface area contributed by atoms with Crippen LogP contribution in [0.15, 0.2) is 18.2 Å². The molecule has 0 aromatic heterocycles. The molecular formula is C14H18F4N2O. The number of benzene rings is 1. The van der Waals surface area contributed by atoms with Gasteiger partial charge in [-0.05, 0) is 25.2 Å². The van der Waals surface area contributed by atoms with Crippen molar-refractivity contribution in [2.24, 2.45) is 5.92 Å². The van der Waals surface area contributed by atoms with Crippen LogP contribution >= 0.6 is 0 Å². The molecule has 1 amide bonds. The van der Waals surface area contributed by atoms with E-state index < -0.39 is 17.6 Å². The highest BCUT2D eigenvalue weighted by atomic mass is 19.4. The van der Waals surface area contributed by atoms with Gasteiger partial charge in [-0.15, -0.1) is 0 Å². The summed E-state index contributed by atoms with van der Waals surface area (Å²) in [5.41, 5.74) is -0.928. The zero-order valence-electron chi connectivity index (χ0n) is 12.1. The Morgan fingerprint density at radius 3 is 2.52 bits per heavy atom. The van der Waals surface area contributed by atoms with Gasteiger partial charge in [-0.3, -0.25) is 4.79 Å². The first-order chi connectivity index (χ1) is 9.65. The minimum Gasteiger partial charge on any atom is -0.359 e. The van der Waals surface area contributed by atoms with Crippen molar-refractivity contribution in [2.45, 2.75) is 19.6 Å². The van der Waals surface area contributed by atoms with Crippen molar-refractivity contribution in [1.29, 1.82) is 0 Å². The average molecular weight is 306 g/mol. The molecule has 1 rings (SSSR count). The molecule has 0 aliphatic heterocycles. The molecule has 0 aliphatic rings. The molecule has 118 valence electrons. The van der Waals surface area contributed by atoms with Gasteiger partial charge >= 0.3 is 6.18 Å². The molecule has 0 saturated carbocycles. The third kappa shape index (κ3) is 5.00. The van der Waals surface area contributed by atoms with Crippen LogP contribution in [-0.4, -0.2) is 31.4 Å². The average Bonchev–Trinajstić information content (AvgIpc) is 2.38.